The molecule has 0 spiro atoms. The van der Waals surface area contributed by atoms with E-state index >= 15 is 0 Å². The lowest BCUT2D eigenvalue weighted by Gasteiger charge is -2.22. The Morgan fingerprint density at radius 3 is 2.78 bits per heavy atom. The molecule has 0 radical (unpaired) electrons. The van der Waals surface area contributed by atoms with Gasteiger partial charge in [0.25, 0.3) is 0 Å². The van der Waals surface area contributed by atoms with Crippen molar-refractivity contribution in [2.75, 3.05) is 6.54 Å². The zero-order chi connectivity index (χ0) is 12.8. The number of carbonyl (C=O) groups is 1. The van der Waals surface area contributed by atoms with Crippen molar-refractivity contribution in [3.05, 3.63) is 35.4 Å². The second-order valence-electron chi connectivity index (χ2n) is 4.84. The van der Waals surface area contributed by atoms with Gasteiger partial charge in [0.05, 0.1) is 6.04 Å². The molecule has 1 aliphatic rings. The van der Waals surface area contributed by atoms with Gasteiger partial charge in [0.15, 0.2) is 0 Å². The second-order valence-corrected chi connectivity index (χ2v) is 4.84. The molecule has 1 aliphatic heterocycles. The number of piperidine rings is 1. The van der Waals surface area contributed by atoms with Gasteiger partial charge in [-0.1, -0.05) is 37.6 Å². The predicted molar refractivity (Wildman–Crippen MR) is 73.3 cm³/mol. The van der Waals surface area contributed by atoms with Gasteiger partial charge in [-0.3, -0.25) is 4.79 Å². The van der Waals surface area contributed by atoms with E-state index in [1.807, 2.05) is 12.1 Å². The molecule has 1 fully saturated rings. The third-order valence-corrected chi connectivity index (χ3v) is 3.58. The topological polar surface area (TPSA) is 41.1 Å². The number of carbonyl (C=O) groups excluding carboxylic acids is 1. The van der Waals surface area contributed by atoms with Crippen LogP contribution in [0.2, 0.25) is 0 Å². The molecule has 1 aromatic carbocycles. The van der Waals surface area contributed by atoms with Crippen LogP contribution < -0.4 is 10.6 Å². The highest BCUT2D eigenvalue weighted by Crippen LogP contribution is 2.10. The van der Waals surface area contributed by atoms with E-state index in [1.165, 1.54) is 17.5 Å². The maximum absolute atomic E-state index is 12.0. The molecule has 3 heteroatoms. The molecule has 0 aliphatic carbocycles. The first-order valence-electron chi connectivity index (χ1n) is 6.89. The fraction of sp³-hybridized carbons (Fsp3) is 0.533. The molecule has 1 amide bonds. The van der Waals surface area contributed by atoms with Crippen LogP contribution in [0.1, 0.15) is 37.3 Å². The van der Waals surface area contributed by atoms with Crippen LogP contribution in [0, 0.1) is 0 Å². The molecule has 1 atom stereocenters. The summed E-state index contributed by atoms with van der Waals surface area (Å²) in [4.78, 5) is 12.0. The minimum Gasteiger partial charge on any atom is -0.351 e. The third kappa shape index (κ3) is 3.33. The van der Waals surface area contributed by atoms with Crippen LogP contribution >= 0.6 is 0 Å². The summed E-state index contributed by atoms with van der Waals surface area (Å²) >= 11 is 0. The van der Waals surface area contributed by atoms with Crippen molar-refractivity contribution >= 4 is 5.91 Å². The van der Waals surface area contributed by atoms with Crippen molar-refractivity contribution in [3.8, 4) is 0 Å². The van der Waals surface area contributed by atoms with E-state index in [4.69, 9.17) is 0 Å². The number of amides is 1. The molecule has 1 unspecified atom stereocenters. The van der Waals surface area contributed by atoms with Crippen LogP contribution in [0.4, 0.5) is 0 Å². The molecule has 0 aromatic heterocycles. The largest absolute Gasteiger partial charge is 0.351 e. The first kappa shape index (κ1) is 13.1. The van der Waals surface area contributed by atoms with Crippen LogP contribution in [0.5, 0.6) is 0 Å². The standard InChI is InChI=1S/C15H22N2O/c1-2-12-7-3-4-8-13(12)11-17-15(18)14-9-5-6-10-16-14/h3-4,7-8,14,16H,2,5-6,9-11H2,1H3,(H,17,18). The molecular weight excluding hydrogens is 224 g/mol. The van der Waals surface area contributed by atoms with E-state index in [2.05, 4.69) is 29.7 Å². The van der Waals surface area contributed by atoms with Gasteiger partial charge in [0, 0.05) is 6.54 Å². The SMILES string of the molecule is CCc1ccccc1CNC(=O)C1CCCCN1. The summed E-state index contributed by atoms with van der Waals surface area (Å²) in [7, 11) is 0. The molecule has 2 N–H and O–H groups in total. The predicted octanol–water partition coefficient (Wildman–Crippen LogP) is 2.01. The fourth-order valence-corrected chi connectivity index (χ4v) is 2.46. The zero-order valence-corrected chi connectivity index (χ0v) is 11.0. The van der Waals surface area contributed by atoms with Gasteiger partial charge >= 0.3 is 0 Å². The summed E-state index contributed by atoms with van der Waals surface area (Å²) in [6, 6.07) is 8.30. The van der Waals surface area contributed by atoms with Gasteiger partial charge in [0.1, 0.15) is 0 Å². The Kier molecular flexibility index (Phi) is 4.76. The number of aryl methyl sites for hydroxylation is 1. The second kappa shape index (κ2) is 6.55. The molecule has 98 valence electrons. The van der Waals surface area contributed by atoms with Crippen molar-refractivity contribution in [3.63, 3.8) is 0 Å². The lowest BCUT2D eigenvalue weighted by molar-refractivity contribution is -0.123. The smallest absolute Gasteiger partial charge is 0.237 e. The van der Waals surface area contributed by atoms with Crippen molar-refractivity contribution in [2.24, 2.45) is 0 Å². The van der Waals surface area contributed by atoms with E-state index < -0.39 is 0 Å². The number of benzene rings is 1. The Bertz CT molecular complexity index is 397. The van der Waals surface area contributed by atoms with E-state index in [0.29, 0.717) is 6.54 Å². The van der Waals surface area contributed by atoms with Crippen LogP contribution in [0.3, 0.4) is 0 Å². The van der Waals surface area contributed by atoms with Gasteiger partial charge < -0.3 is 10.6 Å². The number of hydrogen-bond acceptors (Lipinski definition) is 2. The van der Waals surface area contributed by atoms with E-state index in [9.17, 15) is 4.79 Å². The minimum atomic E-state index is 0.00698. The highest BCUT2D eigenvalue weighted by molar-refractivity contribution is 5.81. The van der Waals surface area contributed by atoms with E-state index in [-0.39, 0.29) is 11.9 Å². The van der Waals surface area contributed by atoms with Crippen molar-refractivity contribution in [1.29, 1.82) is 0 Å². The summed E-state index contributed by atoms with van der Waals surface area (Å²) in [5.41, 5.74) is 2.54. The third-order valence-electron chi connectivity index (χ3n) is 3.58. The Balaban J connectivity index is 1.88. The highest BCUT2D eigenvalue weighted by atomic mass is 16.2. The van der Waals surface area contributed by atoms with E-state index in [1.54, 1.807) is 0 Å². The molecule has 0 bridgehead atoms. The van der Waals surface area contributed by atoms with Gasteiger partial charge in [-0.25, -0.2) is 0 Å². The van der Waals surface area contributed by atoms with Crippen LogP contribution in [-0.2, 0) is 17.8 Å². The van der Waals surface area contributed by atoms with Crippen molar-refractivity contribution in [2.45, 2.75) is 45.2 Å². The summed E-state index contributed by atoms with van der Waals surface area (Å²) < 4.78 is 0. The average Bonchev–Trinajstić information content (AvgIpc) is 2.46. The summed E-state index contributed by atoms with van der Waals surface area (Å²) in [6.07, 6.45) is 4.30. The molecule has 2 rings (SSSR count). The molecule has 0 saturated carbocycles. The highest BCUT2D eigenvalue weighted by Gasteiger charge is 2.19. The van der Waals surface area contributed by atoms with Gasteiger partial charge in [0.2, 0.25) is 5.91 Å². The molecular formula is C15H22N2O. The maximum Gasteiger partial charge on any atom is 0.237 e. The quantitative estimate of drug-likeness (QED) is 0.853. The van der Waals surface area contributed by atoms with Crippen molar-refractivity contribution in [1.82, 2.24) is 10.6 Å². The Labute approximate surface area is 109 Å². The Morgan fingerprint density at radius 2 is 2.11 bits per heavy atom. The summed E-state index contributed by atoms with van der Waals surface area (Å²) in [5, 5.41) is 6.31. The zero-order valence-electron chi connectivity index (χ0n) is 11.0. The van der Waals surface area contributed by atoms with Crippen LogP contribution in [0.25, 0.3) is 0 Å². The number of hydrogen-bond donors (Lipinski definition) is 2. The number of rotatable bonds is 4. The first-order chi connectivity index (χ1) is 8.81. The normalized spacial score (nSPS) is 19.5. The van der Waals surface area contributed by atoms with Crippen molar-refractivity contribution < 1.29 is 4.79 Å². The fourth-order valence-electron chi connectivity index (χ4n) is 2.46. The lowest BCUT2D eigenvalue weighted by atomic mass is 10.0. The monoisotopic (exact) mass is 246 g/mol. The molecule has 1 heterocycles. The van der Waals surface area contributed by atoms with Crippen LogP contribution in [0.15, 0.2) is 24.3 Å². The molecule has 18 heavy (non-hydrogen) atoms. The minimum absolute atomic E-state index is 0.00698. The van der Waals surface area contributed by atoms with E-state index in [0.717, 1.165) is 25.8 Å². The molecule has 1 aromatic rings. The van der Waals surface area contributed by atoms with Crippen LogP contribution in [-0.4, -0.2) is 18.5 Å². The Hall–Kier alpha value is -1.35. The van der Waals surface area contributed by atoms with Gasteiger partial charge in [-0.2, -0.15) is 0 Å². The maximum atomic E-state index is 12.0. The Morgan fingerprint density at radius 1 is 1.33 bits per heavy atom. The lowest BCUT2D eigenvalue weighted by Crippen LogP contribution is -2.46. The summed E-state index contributed by atoms with van der Waals surface area (Å²) in [6.45, 7) is 3.74. The summed E-state index contributed by atoms with van der Waals surface area (Å²) in [5.74, 6) is 0.139. The molecule has 1 saturated heterocycles. The average molecular weight is 246 g/mol. The molecule has 3 nitrogen and oxygen atoms in total. The van der Waals surface area contributed by atoms with Gasteiger partial charge in [-0.15, -0.1) is 0 Å². The number of nitrogens with one attached hydrogen (secondary N) is 2. The van der Waals surface area contributed by atoms with Gasteiger partial charge in [-0.05, 0) is 36.9 Å². The first-order valence-corrected chi connectivity index (χ1v) is 6.89.